The van der Waals surface area contributed by atoms with Crippen molar-refractivity contribution in [2.75, 3.05) is 39.5 Å². The van der Waals surface area contributed by atoms with Crippen LogP contribution in [-0.4, -0.2) is 55.3 Å². The van der Waals surface area contributed by atoms with Crippen LogP contribution in [0.5, 0.6) is 11.5 Å². The van der Waals surface area contributed by atoms with Crippen molar-refractivity contribution in [1.82, 2.24) is 15.1 Å². The average Bonchev–Trinajstić information content (AvgIpc) is 3.00. The van der Waals surface area contributed by atoms with E-state index in [1.165, 1.54) is 0 Å². The summed E-state index contributed by atoms with van der Waals surface area (Å²) in [5.41, 5.74) is 1.01. The molecule has 1 saturated heterocycles. The molecular weight excluding hydrogens is 270 g/mol. The van der Waals surface area contributed by atoms with Crippen LogP contribution in [-0.2, 0) is 6.54 Å². The normalized spacial score (nSPS) is 17.9. The molecule has 2 amide bonds. The highest BCUT2D eigenvalue weighted by Crippen LogP contribution is 2.32. The number of fused-ring (bicyclic) bond motifs is 1. The molecule has 0 aromatic heterocycles. The summed E-state index contributed by atoms with van der Waals surface area (Å²) in [5.74, 6) is 1.51. The van der Waals surface area contributed by atoms with Crippen molar-refractivity contribution in [3.8, 4) is 11.5 Å². The Bertz CT molecular complexity index is 513. The van der Waals surface area contributed by atoms with Gasteiger partial charge in [-0.25, -0.2) is 4.79 Å². The first kappa shape index (κ1) is 14.0. The van der Waals surface area contributed by atoms with Crippen LogP contribution in [0.3, 0.4) is 0 Å². The number of likely N-dealkylation sites (N-methyl/N-ethyl adjacent to an activating group) is 1. The molecule has 0 saturated carbocycles. The highest BCUT2D eigenvalue weighted by Gasteiger charge is 2.20. The van der Waals surface area contributed by atoms with Crippen molar-refractivity contribution in [3.63, 3.8) is 0 Å². The number of carbonyl (C=O) groups excluding carboxylic acids is 1. The van der Waals surface area contributed by atoms with E-state index < -0.39 is 0 Å². The molecule has 2 aliphatic rings. The quantitative estimate of drug-likeness (QED) is 0.911. The van der Waals surface area contributed by atoms with Crippen LogP contribution < -0.4 is 14.8 Å². The topological polar surface area (TPSA) is 54.0 Å². The number of carbonyl (C=O) groups is 1. The standard InChI is InChI=1S/C15H21N3O3/c1-2-17-5-7-18(8-6-17)15(19)16-10-12-3-4-13-14(9-12)21-11-20-13/h3-4,9H,2,5-8,10-11H2,1H3,(H,16,19). The first-order valence-electron chi connectivity index (χ1n) is 7.40. The maximum atomic E-state index is 12.1. The highest BCUT2D eigenvalue weighted by atomic mass is 16.7. The molecule has 0 bridgehead atoms. The van der Waals surface area contributed by atoms with E-state index in [-0.39, 0.29) is 12.8 Å². The first-order valence-corrected chi connectivity index (χ1v) is 7.40. The minimum absolute atomic E-state index is 0.00317. The molecule has 0 aliphatic carbocycles. The molecule has 0 unspecified atom stereocenters. The Morgan fingerprint density at radius 2 is 1.95 bits per heavy atom. The molecule has 0 atom stereocenters. The Morgan fingerprint density at radius 3 is 2.71 bits per heavy atom. The molecule has 2 aliphatic heterocycles. The van der Waals surface area contributed by atoms with E-state index >= 15 is 0 Å². The number of benzene rings is 1. The summed E-state index contributed by atoms with van der Waals surface area (Å²) in [5, 5.41) is 2.96. The van der Waals surface area contributed by atoms with Gasteiger partial charge in [-0.05, 0) is 24.2 Å². The Morgan fingerprint density at radius 1 is 1.19 bits per heavy atom. The van der Waals surface area contributed by atoms with Gasteiger partial charge in [0.15, 0.2) is 11.5 Å². The molecule has 1 fully saturated rings. The van der Waals surface area contributed by atoms with E-state index in [2.05, 4.69) is 17.1 Å². The molecular formula is C15H21N3O3. The third-order valence-electron chi connectivity index (χ3n) is 3.99. The van der Waals surface area contributed by atoms with Crippen molar-refractivity contribution in [2.45, 2.75) is 13.5 Å². The maximum Gasteiger partial charge on any atom is 0.317 e. The number of hydrogen-bond donors (Lipinski definition) is 1. The van der Waals surface area contributed by atoms with Gasteiger partial charge in [0.25, 0.3) is 0 Å². The summed E-state index contributed by atoms with van der Waals surface area (Å²) >= 11 is 0. The third kappa shape index (κ3) is 3.21. The van der Waals surface area contributed by atoms with Gasteiger partial charge in [0.1, 0.15) is 0 Å². The summed E-state index contributed by atoms with van der Waals surface area (Å²) in [4.78, 5) is 16.4. The van der Waals surface area contributed by atoms with Crippen LogP contribution in [0.25, 0.3) is 0 Å². The van der Waals surface area contributed by atoms with Gasteiger partial charge in [-0.15, -0.1) is 0 Å². The molecule has 1 aromatic rings. The Balaban J connectivity index is 1.50. The smallest absolute Gasteiger partial charge is 0.317 e. The lowest BCUT2D eigenvalue weighted by molar-refractivity contribution is 0.142. The predicted octanol–water partition coefficient (Wildman–Crippen LogP) is 1.26. The lowest BCUT2D eigenvalue weighted by atomic mass is 10.2. The number of piperazine rings is 1. The molecule has 0 spiro atoms. The van der Waals surface area contributed by atoms with E-state index in [1.54, 1.807) is 0 Å². The fraction of sp³-hybridized carbons (Fsp3) is 0.533. The number of rotatable bonds is 3. The van der Waals surface area contributed by atoms with Crippen molar-refractivity contribution >= 4 is 6.03 Å². The Kier molecular flexibility index (Phi) is 4.15. The lowest BCUT2D eigenvalue weighted by Gasteiger charge is -2.34. The second-order valence-corrected chi connectivity index (χ2v) is 5.27. The van der Waals surface area contributed by atoms with Gasteiger partial charge >= 0.3 is 6.03 Å². The maximum absolute atomic E-state index is 12.1. The van der Waals surface area contributed by atoms with Crippen molar-refractivity contribution in [1.29, 1.82) is 0 Å². The fourth-order valence-corrected chi connectivity index (χ4v) is 2.61. The molecule has 6 nitrogen and oxygen atoms in total. The molecule has 2 heterocycles. The number of ether oxygens (including phenoxy) is 2. The SMILES string of the molecule is CCN1CCN(C(=O)NCc2ccc3c(c2)OCO3)CC1. The Hall–Kier alpha value is -1.95. The van der Waals surface area contributed by atoms with Gasteiger partial charge in [-0.1, -0.05) is 13.0 Å². The van der Waals surface area contributed by atoms with Gasteiger partial charge in [0.05, 0.1) is 0 Å². The van der Waals surface area contributed by atoms with Crippen molar-refractivity contribution in [3.05, 3.63) is 23.8 Å². The third-order valence-corrected chi connectivity index (χ3v) is 3.99. The van der Waals surface area contributed by atoms with E-state index in [0.29, 0.717) is 6.54 Å². The van der Waals surface area contributed by atoms with Crippen LogP contribution in [0.15, 0.2) is 18.2 Å². The molecule has 114 valence electrons. The van der Waals surface area contributed by atoms with Gasteiger partial charge < -0.3 is 24.6 Å². The van der Waals surface area contributed by atoms with Gasteiger partial charge in [0.2, 0.25) is 6.79 Å². The van der Waals surface area contributed by atoms with Gasteiger partial charge in [-0.3, -0.25) is 0 Å². The summed E-state index contributed by atoms with van der Waals surface area (Å²) in [6, 6.07) is 5.74. The number of nitrogens with one attached hydrogen (secondary N) is 1. The van der Waals surface area contributed by atoms with E-state index in [4.69, 9.17) is 9.47 Å². The van der Waals surface area contributed by atoms with Crippen molar-refractivity contribution < 1.29 is 14.3 Å². The van der Waals surface area contributed by atoms with Crippen molar-refractivity contribution in [2.24, 2.45) is 0 Å². The largest absolute Gasteiger partial charge is 0.454 e. The summed E-state index contributed by atoms with van der Waals surface area (Å²) in [6.07, 6.45) is 0. The second-order valence-electron chi connectivity index (χ2n) is 5.27. The van der Waals surface area contributed by atoms with Crippen LogP contribution in [0.2, 0.25) is 0 Å². The average molecular weight is 291 g/mol. The molecule has 3 rings (SSSR count). The highest BCUT2D eigenvalue weighted by molar-refractivity contribution is 5.74. The van der Waals surface area contributed by atoms with Crippen LogP contribution in [0.4, 0.5) is 4.79 Å². The molecule has 1 N–H and O–H groups in total. The first-order chi connectivity index (χ1) is 10.3. The van der Waals surface area contributed by atoms with Crippen LogP contribution in [0, 0.1) is 0 Å². The summed E-state index contributed by atoms with van der Waals surface area (Å²) < 4.78 is 10.6. The number of amides is 2. The molecule has 6 heteroatoms. The number of urea groups is 1. The van der Waals surface area contributed by atoms with E-state index in [9.17, 15) is 4.79 Å². The predicted molar refractivity (Wildman–Crippen MR) is 78.5 cm³/mol. The zero-order valence-corrected chi connectivity index (χ0v) is 12.3. The van der Waals surface area contributed by atoms with Crippen LogP contribution >= 0.6 is 0 Å². The van der Waals surface area contributed by atoms with Gasteiger partial charge in [-0.2, -0.15) is 0 Å². The number of hydrogen-bond acceptors (Lipinski definition) is 4. The summed E-state index contributed by atoms with van der Waals surface area (Å²) in [7, 11) is 0. The lowest BCUT2D eigenvalue weighted by Crippen LogP contribution is -2.51. The summed E-state index contributed by atoms with van der Waals surface area (Å²) in [6.45, 7) is 7.46. The minimum atomic E-state index is 0.00317. The van der Waals surface area contributed by atoms with Crippen LogP contribution in [0.1, 0.15) is 12.5 Å². The Labute approximate surface area is 124 Å². The zero-order chi connectivity index (χ0) is 14.7. The zero-order valence-electron chi connectivity index (χ0n) is 12.3. The second kappa shape index (κ2) is 6.22. The molecule has 21 heavy (non-hydrogen) atoms. The van der Waals surface area contributed by atoms with E-state index in [1.807, 2.05) is 23.1 Å². The molecule has 1 aromatic carbocycles. The van der Waals surface area contributed by atoms with E-state index in [0.717, 1.165) is 49.8 Å². The monoisotopic (exact) mass is 291 g/mol. The minimum Gasteiger partial charge on any atom is -0.454 e. The molecule has 0 radical (unpaired) electrons. The van der Waals surface area contributed by atoms with Gasteiger partial charge in [0, 0.05) is 32.7 Å². The fourth-order valence-electron chi connectivity index (χ4n) is 2.61. The number of nitrogens with zero attached hydrogens (tertiary/aromatic N) is 2.